The Hall–Kier alpha value is -0.590. The van der Waals surface area contributed by atoms with Crippen LogP contribution in [0.4, 0.5) is 0 Å². The van der Waals surface area contributed by atoms with Crippen LogP contribution in [0.5, 0.6) is 0 Å². The molecule has 5 N–H and O–H groups in total. The molecule has 0 aromatic heterocycles. The molecule has 1 rings (SSSR count). The fourth-order valence-electron chi connectivity index (χ4n) is 1.58. The molecule has 0 aliphatic heterocycles. The minimum atomic E-state index is 0.264. The average molecular weight is 287 g/mol. The van der Waals surface area contributed by atoms with E-state index in [0.29, 0.717) is 0 Å². The third-order valence-corrected chi connectivity index (χ3v) is 4.27. The number of thioether (sulfide) groups is 2. The number of rotatable bonds is 3. The van der Waals surface area contributed by atoms with Gasteiger partial charge in [0.1, 0.15) is 0 Å². The highest BCUT2D eigenvalue weighted by molar-refractivity contribution is 8.03. The second-order valence-corrected chi connectivity index (χ2v) is 5.69. The number of nitrogens with two attached hydrogens (primary N) is 2. The first-order valence-electron chi connectivity index (χ1n) is 5.06. The quantitative estimate of drug-likeness (QED) is 0.692. The molecule has 1 aliphatic carbocycles. The van der Waals surface area contributed by atoms with Gasteiger partial charge in [0.15, 0.2) is 5.11 Å². The van der Waals surface area contributed by atoms with Crippen molar-refractivity contribution in [2.75, 3.05) is 12.5 Å². The first-order valence-corrected chi connectivity index (χ1v) is 7.91. The fraction of sp³-hybridized carbons (Fsp3) is 0.364. The lowest BCUT2D eigenvalue weighted by molar-refractivity contribution is 1.11. The second kappa shape index (κ2) is 6.37. The number of thiocarbonyl (C=S) groups is 1. The molecule has 0 atom stereocenters. The van der Waals surface area contributed by atoms with Crippen molar-refractivity contribution in [1.82, 2.24) is 5.32 Å². The van der Waals surface area contributed by atoms with Crippen LogP contribution in [0.3, 0.4) is 0 Å². The largest absolute Gasteiger partial charge is 0.397 e. The molecule has 1 aliphatic rings. The van der Waals surface area contributed by atoms with E-state index in [1.54, 1.807) is 23.5 Å². The van der Waals surface area contributed by atoms with Crippen LogP contribution in [0.25, 0.3) is 0 Å². The summed E-state index contributed by atoms with van der Waals surface area (Å²) in [7, 11) is 0. The monoisotopic (exact) mass is 287 g/mol. The molecule has 0 fully saturated rings. The Bertz CT molecular complexity index is 422. The summed E-state index contributed by atoms with van der Waals surface area (Å²) in [5.74, 6) is 0. The third-order valence-electron chi connectivity index (χ3n) is 2.46. The Morgan fingerprint density at radius 1 is 1.41 bits per heavy atom. The molecule has 17 heavy (non-hydrogen) atoms. The third kappa shape index (κ3) is 3.43. The van der Waals surface area contributed by atoms with E-state index < -0.39 is 0 Å². The van der Waals surface area contributed by atoms with Gasteiger partial charge in [-0.25, -0.2) is 0 Å². The molecular weight excluding hydrogens is 270 g/mol. The summed E-state index contributed by atoms with van der Waals surface area (Å²) in [6, 6.07) is 0. The summed E-state index contributed by atoms with van der Waals surface area (Å²) < 4.78 is 0. The van der Waals surface area contributed by atoms with E-state index in [0.717, 1.165) is 28.3 Å². The minimum Gasteiger partial charge on any atom is -0.397 e. The van der Waals surface area contributed by atoms with E-state index in [-0.39, 0.29) is 5.11 Å². The number of hydrogen-bond acceptors (Lipinski definition) is 4. The highest BCUT2D eigenvalue weighted by atomic mass is 32.2. The SMILES string of the molecule is CSC1=C(N)C(SC)=C(NC(N)=S)C(C)=CC1. The van der Waals surface area contributed by atoms with Crippen LogP contribution in [0.15, 0.2) is 32.9 Å². The van der Waals surface area contributed by atoms with E-state index >= 15 is 0 Å². The molecule has 6 heteroatoms. The molecule has 0 radical (unpaired) electrons. The molecule has 0 aromatic rings. The lowest BCUT2D eigenvalue weighted by Crippen LogP contribution is -2.30. The van der Waals surface area contributed by atoms with E-state index in [2.05, 4.69) is 11.4 Å². The van der Waals surface area contributed by atoms with Crippen LogP contribution in [0.2, 0.25) is 0 Å². The van der Waals surface area contributed by atoms with E-state index in [4.69, 9.17) is 23.7 Å². The van der Waals surface area contributed by atoms with Gasteiger partial charge in [-0.1, -0.05) is 6.08 Å². The maximum atomic E-state index is 6.20. The number of nitrogens with one attached hydrogen (secondary N) is 1. The molecule has 0 saturated carbocycles. The van der Waals surface area contributed by atoms with Gasteiger partial charge in [0.25, 0.3) is 0 Å². The predicted molar refractivity (Wildman–Crippen MR) is 83.6 cm³/mol. The predicted octanol–water partition coefficient (Wildman–Crippen LogP) is 2.28. The Kier molecular flexibility index (Phi) is 5.42. The number of allylic oxidation sites excluding steroid dienone is 3. The van der Waals surface area contributed by atoms with Gasteiger partial charge in [-0.15, -0.1) is 23.5 Å². The molecule has 0 unspecified atom stereocenters. The smallest absolute Gasteiger partial charge is 0.168 e. The van der Waals surface area contributed by atoms with Gasteiger partial charge in [-0.2, -0.15) is 0 Å². The van der Waals surface area contributed by atoms with Crippen molar-refractivity contribution < 1.29 is 0 Å². The molecule has 0 heterocycles. The first kappa shape index (κ1) is 14.5. The van der Waals surface area contributed by atoms with Crippen molar-refractivity contribution >= 4 is 40.9 Å². The van der Waals surface area contributed by atoms with Crippen molar-refractivity contribution in [3.8, 4) is 0 Å². The summed E-state index contributed by atoms with van der Waals surface area (Å²) in [5, 5.41) is 3.29. The van der Waals surface area contributed by atoms with Gasteiger partial charge in [0.05, 0.1) is 16.3 Å². The molecule has 94 valence electrons. The van der Waals surface area contributed by atoms with E-state index in [9.17, 15) is 0 Å². The van der Waals surface area contributed by atoms with Gasteiger partial charge < -0.3 is 16.8 Å². The lowest BCUT2D eigenvalue weighted by atomic mass is 10.2. The number of hydrogen-bond donors (Lipinski definition) is 3. The average Bonchev–Trinajstić information content (AvgIpc) is 2.38. The molecule has 0 saturated heterocycles. The lowest BCUT2D eigenvalue weighted by Gasteiger charge is -2.15. The highest BCUT2D eigenvalue weighted by Crippen LogP contribution is 2.34. The van der Waals surface area contributed by atoms with Crippen molar-refractivity contribution in [2.45, 2.75) is 13.3 Å². The van der Waals surface area contributed by atoms with Gasteiger partial charge in [-0.05, 0) is 43.6 Å². The molecule has 0 spiro atoms. The summed E-state index contributed by atoms with van der Waals surface area (Å²) in [4.78, 5) is 2.18. The van der Waals surface area contributed by atoms with Crippen LogP contribution in [-0.2, 0) is 0 Å². The molecule has 0 bridgehead atoms. The van der Waals surface area contributed by atoms with Crippen LogP contribution >= 0.6 is 35.7 Å². The van der Waals surface area contributed by atoms with E-state index in [1.165, 1.54) is 4.91 Å². The van der Waals surface area contributed by atoms with Crippen molar-refractivity contribution in [1.29, 1.82) is 0 Å². The van der Waals surface area contributed by atoms with Crippen LogP contribution in [-0.4, -0.2) is 17.6 Å². The summed E-state index contributed by atoms with van der Waals surface area (Å²) in [6.45, 7) is 2.04. The van der Waals surface area contributed by atoms with E-state index in [1.807, 2.05) is 19.4 Å². The zero-order valence-electron chi connectivity index (χ0n) is 10.2. The topological polar surface area (TPSA) is 64.1 Å². The van der Waals surface area contributed by atoms with Gasteiger partial charge in [0, 0.05) is 4.91 Å². The van der Waals surface area contributed by atoms with Crippen LogP contribution in [0.1, 0.15) is 13.3 Å². The summed E-state index contributed by atoms with van der Waals surface area (Å²) >= 11 is 8.19. The summed E-state index contributed by atoms with van der Waals surface area (Å²) in [6.07, 6.45) is 7.03. The fourth-order valence-corrected chi connectivity index (χ4v) is 3.08. The van der Waals surface area contributed by atoms with Crippen LogP contribution < -0.4 is 16.8 Å². The van der Waals surface area contributed by atoms with Gasteiger partial charge >= 0.3 is 0 Å². The molecule has 3 nitrogen and oxygen atoms in total. The zero-order chi connectivity index (χ0) is 13.0. The van der Waals surface area contributed by atoms with Crippen molar-refractivity contribution in [3.05, 3.63) is 32.9 Å². The highest BCUT2D eigenvalue weighted by Gasteiger charge is 2.17. The van der Waals surface area contributed by atoms with Crippen LogP contribution in [0, 0.1) is 0 Å². The maximum absolute atomic E-state index is 6.20. The van der Waals surface area contributed by atoms with Gasteiger partial charge in [-0.3, -0.25) is 0 Å². The maximum Gasteiger partial charge on any atom is 0.168 e. The Morgan fingerprint density at radius 2 is 2.06 bits per heavy atom. The first-order chi connectivity index (χ1) is 8.01. The molecule has 0 amide bonds. The minimum absolute atomic E-state index is 0.264. The normalized spacial score (nSPS) is 16.8. The van der Waals surface area contributed by atoms with Crippen molar-refractivity contribution in [3.63, 3.8) is 0 Å². The summed E-state index contributed by atoms with van der Waals surface area (Å²) in [5.41, 5.74) is 14.6. The Balaban J connectivity index is 3.32. The molecule has 0 aromatic carbocycles. The zero-order valence-corrected chi connectivity index (χ0v) is 12.6. The standard InChI is InChI=1S/C11H17N3S3/c1-6-4-5-7(16-2)8(12)10(17-3)9(6)14-11(13)15/h4H,5,12H2,1-3H3,(H3,13,14,15). The second-order valence-electron chi connectivity index (χ2n) is 3.53. The van der Waals surface area contributed by atoms with Crippen molar-refractivity contribution in [2.24, 2.45) is 11.5 Å². The van der Waals surface area contributed by atoms with Gasteiger partial charge in [0.2, 0.25) is 0 Å². The Morgan fingerprint density at radius 3 is 2.53 bits per heavy atom. The molecular formula is C11H17N3S3. The Labute approximate surface area is 116 Å².